The smallest absolute Gasteiger partial charge is 0.603 e. The summed E-state index contributed by atoms with van der Waals surface area (Å²) >= 11 is 4.05. The molecule has 1 rings (SSSR count). The van der Waals surface area contributed by atoms with Crippen molar-refractivity contribution in [3.8, 4) is 0 Å². The number of rotatable bonds is 4. The van der Waals surface area contributed by atoms with Crippen molar-refractivity contribution in [3.05, 3.63) is 4.72 Å². The fraction of sp³-hybridized carbons (Fsp3) is 0.929. The summed E-state index contributed by atoms with van der Waals surface area (Å²) in [7, 11) is 0. The summed E-state index contributed by atoms with van der Waals surface area (Å²) in [5.74, 6) is 0.175. The van der Waals surface area contributed by atoms with E-state index in [2.05, 4.69) is 38.3 Å². The third-order valence-electron chi connectivity index (χ3n) is 2.85. The van der Waals surface area contributed by atoms with Gasteiger partial charge in [-0.25, -0.2) is 0 Å². The van der Waals surface area contributed by atoms with Gasteiger partial charge in [0.05, 0.1) is 11.7 Å². The van der Waals surface area contributed by atoms with E-state index < -0.39 is 0 Å². The van der Waals surface area contributed by atoms with Gasteiger partial charge >= 0.3 is 19.8 Å². The third-order valence-corrected chi connectivity index (χ3v) is 3.27. The number of ether oxygens (including phenoxy) is 1. The number of hydrogen-bond donors (Lipinski definition) is 1. The molecule has 5 heteroatoms. The van der Waals surface area contributed by atoms with Crippen LogP contribution in [-0.2, 0) is 29.3 Å². The minimum absolute atomic E-state index is 0. The number of nitrogens with zero attached hydrogens (tertiary/aromatic N) is 1. The largest absolute Gasteiger partial charge is 1.00 e. The maximum Gasteiger partial charge on any atom is 1.00 e. The molecule has 115 valence electrons. The monoisotopic (exact) mass is 466 g/mol. The molecule has 2 atom stereocenters. The predicted octanol–water partition coefficient (Wildman–Crippen LogP) is 4.31. The van der Waals surface area contributed by atoms with E-state index in [0.29, 0.717) is 6.42 Å². The molecule has 3 nitrogen and oxygen atoms in total. The average Bonchev–Trinajstić information content (AvgIpc) is 2.61. The van der Waals surface area contributed by atoms with Gasteiger partial charge in [-0.3, -0.25) is 0 Å². The number of carbonyl (C=O) groups is 1. The van der Waals surface area contributed by atoms with Crippen LogP contribution in [0.15, 0.2) is 0 Å². The van der Waals surface area contributed by atoms with Crippen LogP contribution in [0.4, 0.5) is 0 Å². The fourth-order valence-electron chi connectivity index (χ4n) is 2.41. The first-order chi connectivity index (χ1) is 8.26. The molecule has 1 fully saturated rings. The molecule has 19 heavy (non-hydrogen) atoms. The number of hydrogen-bond acceptors (Lipinski definition) is 3. The molecule has 0 saturated heterocycles. The van der Waals surface area contributed by atoms with Gasteiger partial charge in [0.1, 0.15) is 5.78 Å². The molecule has 0 amide bonds. The van der Waals surface area contributed by atoms with E-state index >= 15 is 0 Å². The summed E-state index contributed by atoms with van der Waals surface area (Å²) in [6.07, 6.45) is 3.37. The summed E-state index contributed by atoms with van der Waals surface area (Å²) in [5, 5.41) is 0. The predicted molar refractivity (Wildman–Crippen MR) is 80.2 cm³/mol. The normalized spacial score (nSPS) is 26.2. The second kappa shape index (κ2) is 9.50. The Morgan fingerprint density at radius 1 is 1.42 bits per heavy atom. The van der Waals surface area contributed by atoms with Crippen LogP contribution in [0.3, 0.4) is 0 Å². The van der Waals surface area contributed by atoms with E-state index in [1.165, 1.54) is 0 Å². The molecular weight excluding hydrogens is 436 g/mol. The van der Waals surface area contributed by atoms with E-state index in [1.807, 2.05) is 13.8 Å². The molecule has 0 spiro atoms. The molecule has 0 aromatic rings. The van der Waals surface area contributed by atoms with Gasteiger partial charge in [0.15, 0.2) is 0 Å². The molecule has 1 aliphatic rings. The second-order valence-corrected chi connectivity index (χ2v) is 6.00. The topological polar surface area (TPSA) is 40.4 Å². The Bertz CT molecular complexity index is 269. The van der Waals surface area contributed by atoms with Crippen molar-refractivity contribution in [1.29, 1.82) is 0 Å². The molecule has 1 radical (unpaired) electrons. The summed E-state index contributed by atoms with van der Waals surface area (Å²) in [5.41, 5.74) is -0.418. The molecule has 2 unspecified atom stereocenters. The molecule has 1 saturated carbocycles. The van der Waals surface area contributed by atoms with Gasteiger partial charge in [0.25, 0.3) is 0 Å². The Labute approximate surface area is 137 Å². The maximum absolute atomic E-state index is 11.2. The van der Waals surface area contributed by atoms with E-state index in [1.54, 1.807) is 6.92 Å². The minimum atomic E-state index is -0.287. The first-order valence-corrected chi connectivity index (χ1v) is 7.20. The van der Waals surface area contributed by atoms with Gasteiger partial charge < -0.3 is 27.1 Å². The molecule has 0 N–H and O–H groups in total. The number of carbonyl (C=O) groups excluding carboxylic acids is 1. The Kier molecular flexibility index (Phi) is 10.9. The summed E-state index contributed by atoms with van der Waals surface area (Å²) in [4.78, 5) is 11.2. The van der Waals surface area contributed by atoms with Crippen molar-refractivity contribution in [2.75, 3.05) is 0 Å². The fourth-order valence-corrected chi connectivity index (χ4v) is 2.66. The molecule has 0 heterocycles. The zero-order valence-corrected chi connectivity index (χ0v) is 16.4. The van der Waals surface area contributed by atoms with Gasteiger partial charge in [-0.05, 0) is 47.0 Å². The quantitative estimate of drug-likeness (QED) is 0.630. The summed E-state index contributed by atoms with van der Waals surface area (Å²) in [6, 6.07) is 0. The molecule has 0 aliphatic heterocycles. The number of ketones is 1. The Morgan fingerprint density at radius 3 is 2.32 bits per heavy atom. The molecular formula is C14H28NO2OsS. The Balaban J connectivity index is 0. The second-order valence-electron chi connectivity index (χ2n) is 5.80. The van der Waals surface area contributed by atoms with Crippen LogP contribution >= 0.6 is 12.8 Å². The van der Waals surface area contributed by atoms with E-state index in [-0.39, 0.29) is 42.8 Å². The van der Waals surface area contributed by atoms with Gasteiger partial charge in [0, 0.05) is 0 Å². The molecule has 0 aromatic heterocycles. The standard InChI is InChI=1S/C12H22NO2S.C2H6.Os/c1-9(14)7-12(13-16)6-5-10(8-12)15-11(2,3)4;1-2;/h10,16H,5-8H2,1-4H3;1-2H3;/q-1;;+1. The maximum atomic E-state index is 11.2. The Morgan fingerprint density at radius 2 is 1.95 bits per heavy atom. The first kappa shape index (κ1) is 21.9. The van der Waals surface area contributed by atoms with Gasteiger partial charge in [-0.2, -0.15) is 0 Å². The van der Waals surface area contributed by atoms with E-state index in [9.17, 15) is 4.79 Å². The van der Waals surface area contributed by atoms with Crippen molar-refractivity contribution in [3.63, 3.8) is 0 Å². The molecule has 1 aliphatic carbocycles. The first-order valence-electron chi connectivity index (χ1n) is 6.80. The van der Waals surface area contributed by atoms with Gasteiger partial charge in [-0.1, -0.05) is 20.3 Å². The zero-order chi connectivity index (χ0) is 14.4. The van der Waals surface area contributed by atoms with Crippen LogP contribution in [0, 0.1) is 0 Å². The van der Waals surface area contributed by atoms with Crippen LogP contribution in [0.5, 0.6) is 0 Å². The third kappa shape index (κ3) is 8.45. The Hall–Kier alpha value is 0.576. The number of Topliss-reactive ketones (excluding diaryl/α,β-unsaturated/α-hetero) is 1. The summed E-state index contributed by atoms with van der Waals surface area (Å²) < 4.78 is 10.1. The van der Waals surface area contributed by atoms with Crippen molar-refractivity contribution in [2.45, 2.75) is 84.5 Å². The zero-order valence-electron chi connectivity index (χ0n) is 13.0. The molecule has 0 aromatic carbocycles. The molecule has 0 bridgehead atoms. The summed E-state index contributed by atoms with van der Waals surface area (Å²) in [6.45, 7) is 11.8. The van der Waals surface area contributed by atoms with Crippen LogP contribution in [0.2, 0.25) is 0 Å². The average molecular weight is 465 g/mol. The van der Waals surface area contributed by atoms with Crippen LogP contribution in [0.1, 0.15) is 67.2 Å². The van der Waals surface area contributed by atoms with Crippen LogP contribution in [-0.4, -0.2) is 23.0 Å². The van der Waals surface area contributed by atoms with Crippen LogP contribution in [0.25, 0.3) is 4.72 Å². The van der Waals surface area contributed by atoms with Crippen molar-refractivity contribution >= 4 is 18.6 Å². The van der Waals surface area contributed by atoms with E-state index in [4.69, 9.17) is 4.74 Å². The van der Waals surface area contributed by atoms with Crippen molar-refractivity contribution in [1.82, 2.24) is 0 Å². The SMILES string of the molecule is CC.CC(=O)CC1([N-]S)CCC(OC(C)(C)C)C1.[Os+]. The van der Waals surface area contributed by atoms with Crippen LogP contribution < -0.4 is 0 Å². The minimum Gasteiger partial charge on any atom is -0.603 e. The van der Waals surface area contributed by atoms with Crippen molar-refractivity contribution in [2.24, 2.45) is 0 Å². The van der Waals surface area contributed by atoms with Gasteiger partial charge in [-0.15, -0.1) is 5.54 Å². The van der Waals surface area contributed by atoms with Crippen molar-refractivity contribution < 1.29 is 29.3 Å². The van der Waals surface area contributed by atoms with E-state index in [0.717, 1.165) is 19.3 Å². The van der Waals surface area contributed by atoms with Gasteiger partial charge in [0.2, 0.25) is 0 Å². The number of thiol groups is 1.